The number of Topliss-reactive ketones (excluding diaryl/α,β-unsaturated/α-hetero) is 1. The van der Waals surface area contributed by atoms with E-state index in [4.69, 9.17) is 0 Å². The van der Waals surface area contributed by atoms with Crippen LogP contribution in [-0.4, -0.2) is 25.7 Å². The molecule has 0 saturated heterocycles. The van der Waals surface area contributed by atoms with E-state index < -0.39 is 44.0 Å². The molecule has 0 radical (unpaired) electrons. The third-order valence-corrected chi connectivity index (χ3v) is 4.07. The number of sulfone groups is 1. The first-order valence-corrected chi connectivity index (χ1v) is 7.00. The quantitative estimate of drug-likeness (QED) is 0.636. The molecule has 0 saturated carbocycles. The number of ketones is 1. The largest absolute Gasteiger partial charge is 0.419 e. The van der Waals surface area contributed by atoms with Crippen LogP contribution in [0, 0.1) is 5.82 Å². The third-order valence-electron chi connectivity index (χ3n) is 2.57. The summed E-state index contributed by atoms with van der Waals surface area (Å²) in [4.78, 5) is 11.7. The number of rotatable bonds is 3. The van der Waals surface area contributed by atoms with Gasteiger partial charge in [0.15, 0.2) is 15.6 Å². The zero-order chi connectivity index (χ0) is 15.0. The number of hydrogen-bond donors (Lipinski definition) is 0. The van der Waals surface area contributed by atoms with Crippen LogP contribution >= 0.6 is 0 Å². The fraction of sp³-hybridized carbons (Fsp3) is 0.364. The third kappa shape index (κ3) is 3.52. The van der Waals surface area contributed by atoms with Crippen molar-refractivity contribution in [2.24, 2.45) is 0 Å². The monoisotopic (exact) mass is 298 g/mol. The highest BCUT2D eigenvalue weighted by molar-refractivity contribution is 7.92. The second-order valence-corrected chi connectivity index (χ2v) is 6.39. The molecule has 0 heterocycles. The Labute approximate surface area is 107 Å². The van der Waals surface area contributed by atoms with Crippen LogP contribution in [0.3, 0.4) is 0 Å². The Kier molecular flexibility index (Phi) is 4.04. The summed E-state index contributed by atoms with van der Waals surface area (Å²) in [5.41, 5.74) is -1.92. The molecule has 0 bridgehead atoms. The van der Waals surface area contributed by atoms with Gasteiger partial charge in [0.05, 0.1) is 5.56 Å². The van der Waals surface area contributed by atoms with E-state index in [0.29, 0.717) is 12.1 Å². The summed E-state index contributed by atoms with van der Waals surface area (Å²) < 4.78 is 72.5. The maximum atomic E-state index is 13.2. The average Bonchev–Trinajstić information content (AvgIpc) is 2.23. The standard InChI is InChI=1S/C11H10F4O3S/c1-6(19(2,17)18)10(16)7-3-4-8(9(12)5-7)11(13,14)15/h3-6H,1-2H3. The summed E-state index contributed by atoms with van der Waals surface area (Å²) in [6, 6.07) is 1.57. The van der Waals surface area contributed by atoms with Gasteiger partial charge in [-0.1, -0.05) is 6.07 Å². The van der Waals surface area contributed by atoms with Crippen LogP contribution in [0.25, 0.3) is 0 Å². The fourth-order valence-corrected chi connectivity index (χ4v) is 1.85. The van der Waals surface area contributed by atoms with Crippen molar-refractivity contribution in [3.8, 4) is 0 Å². The van der Waals surface area contributed by atoms with E-state index in [2.05, 4.69) is 0 Å². The zero-order valence-corrected chi connectivity index (χ0v) is 10.8. The highest BCUT2D eigenvalue weighted by atomic mass is 32.2. The van der Waals surface area contributed by atoms with Gasteiger partial charge in [0, 0.05) is 11.8 Å². The van der Waals surface area contributed by atoms with Gasteiger partial charge in [0.2, 0.25) is 0 Å². The summed E-state index contributed by atoms with van der Waals surface area (Å²) >= 11 is 0. The second kappa shape index (κ2) is 4.92. The highest BCUT2D eigenvalue weighted by Crippen LogP contribution is 2.31. The molecule has 1 aromatic carbocycles. The Morgan fingerprint density at radius 2 is 1.79 bits per heavy atom. The molecule has 106 valence electrons. The molecule has 3 nitrogen and oxygen atoms in total. The number of carbonyl (C=O) groups excluding carboxylic acids is 1. The molecule has 0 aliphatic heterocycles. The van der Waals surface area contributed by atoms with Crippen LogP contribution in [0.2, 0.25) is 0 Å². The second-order valence-electron chi connectivity index (χ2n) is 4.03. The lowest BCUT2D eigenvalue weighted by Crippen LogP contribution is -2.26. The van der Waals surface area contributed by atoms with Crippen molar-refractivity contribution in [2.45, 2.75) is 18.3 Å². The lowest BCUT2D eigenvalue weighted by Gasteiger charge is -2.11. The van der Waals surface area contributed by atoms with Gasteiger partial charge in [-0.05, 0) is 19.1 Å². The van der Waals surface area contributed by atoms with Gasteiger partial charge in [-0.2, -0.15) is 13.2 Å². The van der Waals surface area contributed by atoms with Crippen LogP contribution in [-0.2, 0) is 16.0 Å². The van der Waals surface area contributed by atoms with Crippen molar-refractivity contribution in [1.82, 2.24) is 0 Å². The van der Waals surface area contributed by atoms with Crippen molar-refractivity contribution in [1.29, 1.82) is 0 Å². The van der Waals surface area contributed by atoms with E-state index in [-0.39, 0.29) is 0 Å². The predicted octanol–water partition coefficient (Wildman–Crippen LogP) is 2.46. The summed E-state index contributed by atoms with van der Waals surface area (Å²) in [5.74, 6) is -2.56. The Hall–Kier alpha value is -1.44. The van der Waals surface area contributed by atoms with Crippen LogP contribution < -0.4 is 0 Å². The predicted molar refractivity (Wildman–Crippen MR) is 60.0 cm³/mol. The van der Waals surface area contributed by atoms with Crippen LogP contribution in [0.1, 0.15) is 22.8 Å². The first-order chi connectivity index (χ1) is 8.44. The minimum Gasteiger partial charge on any atom is -0.293 e. The van der Waals surface area contributed by atoms with Crippen molar-refractivity contribution in [2.75, 3.05) is 6.26 Å². The van der Waals surface area contributed by atoms with E-state index in [1.54, 1.807) is 0 Å². The average molecular weight is 298 g/mol. The van der Waals surface area contributed by atoms with Crippen LogP contribution in [0.15, 0.2) is 18.2 Å². The summed E-state index contributed by atoms with van der Waals surface area (Å²) in [6.45, 7) is 1.09. The molecule has 0 aromatic heterocycles. The molecule has 0 N–H and O–H groups in total. The topological polar surface area (TPSA) is 51.2 Å². The number of carbonyl (C=O) groups is 1. The Balaban J connectivity index is 3.19. The normalized spacial score (nSPS) is 14.2. The smallest absolute Gasteiger partial charge is 0.293 e. The summed E-state index contributed by atoms with van der Waals surface area (Å²) in [5, 5.41) is -1.44. The van der Waals surface area contributed by atoms with Gasteiger partial charge in [-0.25, -0.2) is 12.8 Å². The lowest BCUT2D eigenvalue weighted by atomic mass is 10.1. The van der Waals surface area contributed by atoms with Gasteiger partial charge in [-0.3, -0.25) is 4.79 Å². The number of alkyl halides is 3. The maximum absolute atomic E-state index is 13.2. The minimum atomic E-state index is -4.87. The van der Waals surface area contributed by atoms with Gasteiger partial charge >= 0.3 is 6.18 Å². The Morgan fingerprint density at radius 3 is 2.16 bits per heavy atom. The number of hydrogen-bond acceptors (Lipinski definition) is 3. The fourth-order valence-electron chi connectivity index (χ4n) is 1.33. The van der Waals surface area contributed by atoms with Gasteiger partial charge in [0.25, 0.3) is 0 Å². The van der Waals surface area contributed by atoms with E-state index >= 15 is 0 Å². The molecule has 0 aliphatic carbocycles. The molecule has 1 unspecified atom stereocenters. The first kappa shape index (κ1) is 15.6. The Morgan fingerprint density at radius 1 is 1.26 bits per heavy atom. The molecule has 1 atom stereocenters. The van der Waals surface area contributed by atoms with Crippen LogP contribution in [0.4, 0.5) is 17.6 Å². The molecule has 0 fully saturated rings. The van der Waals surface area contributed by atoms with Crippen molar-refractivity contribution >= 4 is 15.6 Å². The van der Waals surface area contributed by atoms with Crippen molar-refractivity contribution in [3.05, 3.63) is 35.1 Å². The van der Waals surface area contributed by atoms with E-state index in [9.17, 15) is 30.8 Å². The number of benzene rings is 1. The zero-order valence-electron chi connectivity index (χ0n) is 9.95. The Bertz CT molecular complexity index is 605. The van der Waals surface area contributed by atoms with Gasteiger partial charge in [0.1, 0.15) is 11.1 Å². The van der Waals surface area contributed by atoms with E-state index in [1.165, 1.54) is 0 Å². The molecule has 19 heavy (non-hydrogen) atoms. The molecule has 1 aromatic rings. The highest BCUT2D eigenvalue weighted by Gasteiger charge is 2.35. The first-order valence-electron chi connectivity index (χ1n) is 5.04. The van der Waals surface area contributed by atoms with Gasteiger partial charge in [-0.15, -0.1) is 0 Å². The summed E-state index contributed by atoms with van der Waals surface area (Å²) in [6.07, 6.45) is -4.05. The SMILES string of the molecule is CC(C(=O)c1ccc(C(F)(F)F)c(F)c1)S(C)(=O)=O. The van der Waals surface area contributed by atoms with Crippen molar-refractivity contribution < 1.29 is 30.8 Å². The molecule has 8 heteroatoms. The molecule has 0 aliphatic rings. The molecule has 1 rings (SSSR count). The van der Waals surface area contributed by atoms with Gasteiger partial charge < -0.3 is 0 Å². The minimum absolute atomic E-state index is 0.396. The maximum Gasteiger partial charge on any atom is 0.419 e. The number of halogens is 4. The lowest BCUT2D eigenvalue weighted by molar-refractivity contribution is -0.140. The van der Waals surface area contributed by atoms with E-state index in [0.717, 1.165) is 19.2 Å². The van der Waals surface area contributed by atoms with Crippen molar-refractivity contribution in [3.63, 3.8) is 0 Å². The van der Waals surface area contributed by atoms with Crippen LogP contribution in [0.5, 0.6) is 0 Å². The van der Waals surface area contributed by atoms with E-state index in [1.807, 2.05) is 0 Å². The molecule has 0 amide bonds. The molecular formula is C11H10F4O3S. The molecular weight excluding hydrogens is 288 g/mol. The summed E-state index contributed by atoms with van der Waals surface area (Å²) in [7, 11) is -3.70. The molecule has 0 spiro atoms.